The van der Waals surface area contributed by atoms with E-state index in [9.17, 15) is 0 Å². The normalized spacial score (nSPS) is 12.3. The molecule has 0 heterocycles. The first-order chi connectivity index (χ1) is 8.51. The molecule has 6 heteroatoms. The van der Waals surface area contributed by atoms with Gasteiger partial charge in [-0.2, -0.15) is 0 Å². The molecule has 0 aromatic rings. The zero-order valence-corrected chi connectivity index (χ0v) is 15.1. The molecule has 0 atom stereocenters. The van der Waals surface area contributed by atoms with Crippen molar-refractivity contribution < 1.29 is 17.7 Å². The number of hydrogen-bond acceptors (Lipinski definition) is 4. The van der Waals surface area contributed by atoms with E-state index < -0.39 is 17.6 Å². The second-order valence-electron chi connectivity index (χ2n) is 4.85. The molecular formula is C12H30O4Si2. The maximum absolute atomic E-state index is 5.95. The zero-order valence-electron chi connectivity index (χ0n) is 12.8. The summed E-state index contributed by atoms with van der Waals surface area (Å²) in [5.41, 5.74) is 0. The smallest absolute Gasteiger partial charge is 0.365 e. The summed E-state index contributed by atoms with van der Waals surface area (Å²) in [4.78, 5) is 0. The zero-order chi connectivity index (χ0) is 14.0. The second-order valence-corrected chi connectivity index (χ2v) is 10.8. The largest absolute Gasteiger partial charge is 0.396 e. The minimum absolute atomic E-state index is 0.172. The topological polar surface area (TPSA) is 36.9 Å². The molecule has 0 bridgehead atoms. The highest BCUT2D eigenvalue weighted by molar-refractivity contribution is 7.10. The van der Waals surface area contributed by atoms with E-state index in [2.05, 4.69) is 13.8 Å². The lowest BCUT2D eigenvalue weighted by atomic mass is 10.5. The summed E-state index contributed by atoms with van der Waals surface area (Å²) in [6.07, 6.45) is 2.35. The lowest BCUT2D eigenvalue weighted by Gasteiger charge is -2.27. The third kappa shape index (κ3) is 9.24. The predicted molar refractivity (Wildman–Crippen MR) is 79.2 cm³/mol. The van der Waals surface area contributed by atoms with Crippen molar-refractivity contribution in [3.8, 4) is 0 Å². The average Bonchev–Trinajstić information content (AvgIpc) is 2.27. The highest BCUT2D eigenvalue weighted by atomic mass is 29.2. The molecule has 0 aliphatic carbocycles. The Labute approximate surface area is 115 Å². The van der Waals surface area contributed by atoms with Gasteiger partial charge in [0.05, 0.1) is 0 Å². The minimum Gasteiger partial charge on any atom is -0.396 e. The van der Waals surface area contributed by atoms with Crippen molar-refractivity contribution in [2.24, 2.45) is 0 Å². The predicted octanol–water partition coefficient (Wildman–Crippen LogP) is 2.21. The van der Waals surface area contributed by atoms with Gasteiger partial charge < -0.3 is 17.7 Å². The molecule has 0 aliphatic heterocycles. The Morgan fingerprint density at radius 2 is 1.11 bits per heavy atom. The van der Waals surface area contributed by atoms with Gasteiger partial charge in [0.15, 0.2) is 0 Å². The van der Waals surface area contributed by atoms with Gasteiger partial charge in [0.1, 0.15) is 0 Å². The molecule has 0 rings (SSSR count). The third-order valence-corrected chi connectivity index (χ3v) is 8.64. The molecule has 0 N–H and O–H groups in total. The van der Waals surface area contributed by atoms with Crippen LogP contribution in [0.15, 0.2) is 0 Å². The molecule has 0 saturated carbocycles. The van der Waals surface area contributed by atoms with E-state index in [1.54, 1.807) is 0 Å². The summed E-state index contributed by atoms with van der Waals surface area (Å²) in [5.74, 6) is 0. The average molecular weight is 295 g/mol. The fourth-order valence-corrected chi connectivity index (χ4v) is 8.53. The van der Waals surface area contributed by atoms with Gasteiger partial charge in [-0.25, -0.2) is 0 Å². The summed E-state index contributed by atoms with van der Waals surface area (Å²) < 4.78 is 23.7. The Hall–Kier alpha value is 0.274. The summed E-state index contributed by atoms with van der Waals surface area (Å²) >= 11 is 0. The van der Waals surface area contributed by atoms with Crippen LogP contribution >= 0.6 is 0 Å². The molecule has 0 fully saturated rings. The molecule has 110 valence electrons. The Balaban J connectivity index is 4.47. The first kappa shape index (κ1) is 18.3. The third-order valence-electron chi connectivity index (χ3n) is 2.01. The van der Waals surface area contributed by atoms with E-state index in [0.717, 1.165) is 26.1 Å². The van der Waals surface area contributed by atoms with Crippen molar-refractivity contribution in [1.29, 1.82) is 0 Å². The maximum atomic E-state index is 5.95. The quantitative estimate of drug-likeness (QED) is 0.548. The van der Waals surface area contributed by atoms with Gasteiger partial charge in [-0.15, -0.1) is 0 Å². The van der Waals surface area contributed by atoms with Crippen LogP contribution in [0.25, 0.3) is 0 Å². The molecule has 0 aromatic carbocycles. The molecule has 4 nitrogen and oxygen atoms in total. The molecular weight excluding hydrogens is 264 g/mol. The highest BCUT2D eigenvalue weighted by Gasteiger charge is 2.33. The van der Waals surface area contributed by atoms with Crippen molar-refractivity contribution in [1.82, 2.24) is 0 Å². The van der Waals surface area contributed by atoms with Gasteiger partial charge in [0.2, 0.25) is 0 Å². The van der Waals surface area contributed by atoms with Gasteiger partial charge in [0, 0.05) is 25.4 Å². The number of rotatable bonds is 11. The molecule has 0 amide bonds. The van der Waals surface area contributed by atoms with Gasteiger partial charge in [-0.1, -0.05) is 13.8 Å². The second kappa shape index (κ2) is 11.1. The van der Waals surface area contributed by atoms with Crippen LogP contribution in [0.4, 0.5) is 0 Å². The minimum atomic E-state index is -1.83. The summed E-state index contributed by atoms with van der Waals surface area (Å²) in [6, 6.07) is 0. The van der Waals surface area contributed by atoms with Crippen LogP contribution in [0.1, 0.15) is 54.4 Å². The Morgan fingerprint density at radius 3 is 1.39 bits per heavy atom. The molecule has 0 radical (unpaired) electrons. The van der Waals surface area contributed by atoms with Gasteiger partial charge in [-0.05, 0) is 40.5 Å². The molecule has 18 heavy (non-hydrogen) atoms. The van der Waals surface area contributed by atoms with E-state index >= 15 is 0 Å². The van der Waals surface area contributed by atoms with Crippen LogP contribution < -0.4 is 0 Å². The highest BCUT2D eigenvalue weighted by Crippen LogP contribution is 2.07. The molecule has 0 aliphatic rings. The fourth-order valence-electron chi connectivity index (χ4n) is 1.37. The van der Waals surface area contributed by atoms with Crippen LogP contribution in [0.2, 0.25) is 0 Å². The van der Waals surface area contributed by atoms with Gasteiger partial charge >= 0.3 is 17.6 Å². The molecule has 0 spiro atoms. The van der Waals surface area contributed by atoms with Crippen molar-refractivity contribution >= 4 is 17.6 Å². The lowest BCUT2D eigenvalue weighted by molar-refractivity contribution is 0.121. The first-order valence-electron chi connectivity index (χ1n) is 7.05. The van der Waals surface area contributed by atoms with E-state index in [1.165, 1.54) is 0 Å². The Bertz CT molecular complexity index is 173. The van der Waals surface area contributed by atoms with Gasteiger partial charge in [0.25, 0.3) is 0 Å². The first-order valence-corrected chi connectivity index (χ1v) is 11.6. The van der Waals surface area contributed by atoms with Gasteiger partial charge in [-0.3, -0.25) is 0 Å². The van der Waals surface area contributed by atoms with Crippen LogP contribution in [0.3, 0.4) is 0 Å². The van der Waals surface area contributed by atoms with Crippen LogP contribution in [-0.2, 0) is 17.7 Å². The van der Waals surface area contributed by atoms with E-state index in [4.69, 9.17) is 17.7 Å². The van der Waals surface area contributed by atoms with E-state index in [1.807, 2.05) is 27.7 Å². The van der Waals surface area contributed by atoms with Crippen LogP contribution in [0, 0.1) is 0 Å². The van der Waals surface area contributed by atoms with E-state index in [-0.39, 0.29) is 12.2 Å². The number of hydrogen-bond donors (Lipinski definition) is 0. The lowest BCUT2D eigenvalue weighted by Crippen LogP contribution is -2.48. The molecule has 0 saturated heterocycles. The molecule has 0 unspecified atom stereocenters. The van der Waals surface area contributed by atoms with E-state index in [0.29, 0.717) is 0 Å². The maximum Gasteiger partial charge on any atom is 0.365 e. The van der Waals surface area contributed by atoms with Crippen molar-refractivity contribution in [2.45, 2.75) is 66.6 Å². The SMILES string of the molecule is CCCO[SiH](OCCC)[SiH](OC(C)C)OC(C)C. The monoisotopic (exact) mass is 294 g/mol. The van der Waals surface area contributed by atoms with Crippen molar-refractivity contribution in [2.75, 3.05) is 13.2 Å². The molecule has 0 aromatic heterocycles. The van der Waals surface area contributed by atoms with Crippen LogP contribution in [-0.4, -0.2) is 43.0 Å². The Morgan fingerprint density at radius 1 is 0.722 bits per heavy atom. The Kier molecular flexibility index (Phi) is 11.3. The summed E-state index contributed by atoms with van der Waals surface area (Å²) in [6.45, 7) is 13.8. The van der Waals surface area contributed by atoms with Crippen molar-refractivity contribution in [3.05, 3.63) is 0 Å². The van der Waals surface area contributed by atoms with Crippen molar-refractivity contribution in [3.63, 3.8) is 0 Å². The summed E-state index contributed by atoms with van der Waals surface area (Å²) in [7, 11) is -3.64. The standard InChI is InChI=1S/C12H30O4Si2/c1-7-9-13-17(14-10-8-2)18(15-11(3)4)16-12(5)6/h11-12,17-18H,7-10H2,1-6H3. The summed E-state index contributed by atoms with van der Waals surface area (Å²) in [5, 5.41) is 0. The fraction of sp³-hybridized carbons (Fsp3) is 1.00. The van der Waals surface area contributed by atoms with Crippen LogP contribution in [0.5, 0.6) is 0 Å².